The Labute approximate surface area is 132 Å². The molecule has 0 unspecified atom stereocenters. The number of benzene rings is 2. The fraction of sp³-hybridized carbons (Fsp3) is 0.133. The predicted molar refractivity (Wildman–Crippen MR) is 88.1 cm³/mol. The first kappa shape index (κ1) is 14.4. The molecule has 0 aliphatic carbocycles. The molecule has 2 aromatic carbocycles. The van der Waals surface area contributed by atoms with E-state index in [1.807, 2.05) is 17.1 Å². The summed E-state index contributed by atoms with van der Waals surface area (Å²) in [7, 11) is 0. The average molecular weight is 314 g/mol. The van der Waals surface area contributed by atoms with Crippen LogP contribution in [0.3, 0.4) is 0 Å². The number of hydrogen-bond donors (Lipinski definition) is 2. The molecule has 0 saturated carbocycles. The number of rotatable bonds is 2. The molecule has 6 nitrogen and oxygen atoms in total. The second-order valence-electron chi connectivity index (χ2n) is 4.92. The lowest BCUT2D eigenvalue weighted by Crippen LogP contribution is -2.47. The van der Waals surface area contributed by atoms with Crippen molar-refractivity contribution in [1.29, 1.82) is 0 Å². The van der Waals surface area contributed by atoms with Gasteiger partial charge in [0.2, 0.25) is 0 Å². The molecular weight excluding hydrogens is 300 g/mol. The van der Waals surface area contributed by atoms with Crippen molar-refractivity contribution in [3.8, 4) is 0 Å². The number of nitrogens with one attached hydrogen (secondary N) is 2. The van der Waals surface area contributed by atoms with Crippen molar-refractivity contribution in [2.45, 2.75) is 13.1 Å². The fourth-order valence-electron chi connectivity index (χ4n) is 2.29. The monoisotopic (exact) mass is 314 g/mol. The molecule has 22 heavy (non-hydrogen) atoms. The standard InChI is InChI=1S/C15H14N4O2S/c20-19(21)14-7-5-13(6-8-14)17-15(22)18-10-12-4-2-1-3-11(12)9-16-18/h1-8,16H,9-10H2,(H,17,22). The van der Waals surface area contributed by atoms with Crippen LogP contribution >= 0.6 is 12.2 Å². The lowest BCUT2D eigenvalue weighted by Gasteiger charge is -2.31. The molecule has 0 fully saturated rings. The van der Waals surface area contributed by atoms with Gasteiger partial charge in [-0.3, -0.25) is 15.1 Å². The van der Waals surface area contributed by atoms with E-state index in [2.05, 4.69) is 22.9 Å². The summed E-state index contributed by atoms with van der Waals surface area (Å²) < 4.78 is 0. The molecule has 2 aromatic rings. The van der Waals surface area contributed by atoms with Crippen molar-refractivity contribution in [1.82, 2.24) is 10.4 Å². The largest absolute Gasteiger partial charge is 0.332 e. The number of nitro groups is 1. The minimum Gasteiger partial charge on any atom is -0.332 e. The van der Waals surface area contributed by atoms with Crippen LogP contribution in [0, 0.1) is 10.1 Å². The number of nitrogens with zero attached hydrogens (tertiary/aromatic N) is 2. The zero-order chi connectivity index (χ0) is 15.5. The van der Waals surface area contributed by atoms with Gasteiger partial charge in [0, 0.05) is 24.4 Å². The van der Waals surface area contributed by atoms with Gasteiger partial charge >= 0.3 is 0 Å². The van der Waals surface area contributed by atoms with Crippen LogP contribution in [0.25, 0.3) is 0 Å². The van der Waals surface area contributed by atoms with Crippen molar-refractivity contribution in [3.05, 3.63) is 69.8 Å². The van der Waals surface area contributed by atoms with Gasteiger partial charge in [0.05, 0.1) is 11.5 Å². The molecule has 2 N–H and O–H groups in total. The van der Waals surface area contributed by atoms with Gasteiger partial charge < -0.3 is 5.32 Å². The SMILES string of the molecule is O=[N+]([O-])c1ccc(NC(=S)N2Cc3ccccc3CN2)cc1. The first-order chi connectivity index (χ1) is 10.6. The maximum Gasteiger partial charge on any atom is 0.269 e. The van der Waals surface area contributed by atoms with Gasteiger partial charge in [0.1, 0.15) is 0 Å². The summed E-state index contributed by atoms with van der Waals surface area (Å²) in [6.07, 6.45) is 0. The third-order valence-electron chi connectivity index (χ3n) is 3.48. The molecular formula is C15H14N4O2S. The summed E-state index contributed by atoms with van der Waals surface area (Å²) in [6, 6.07) is 14.4. The van der Waals surface area contributed by atoms with Gasteiger partial charge in [-0.2, -0.15) is 0 Å². The van der Waals surface area contributed by atoms with Gasteiger partial charge in [0.25, 0.3) is 5.69 Å². The van der Waals surface area contributed by atoms with Crippen molar-refractivity contribution in [2.24, 2.45) is 0 Å². The quantitative estimate of drug-likeness (QED) is 0.504. The highest BCUT2D eigenvalue weighted by atomic mass is 32.1. The third-order valence-corrected chi connectivity index (χ3v) is 3.80. The van der Waals surface area contributed by atoms with Crippen molar-refractivity contribution in [2.75, 3.05) is 5.32 Å². The minimum atomic E-state index is -0.425. The zero-order valence-electron chi connectivity index (χ0n) is 11.7. The van der Waals surface area contributed by atoms with Crippen LogP contribution in [0.4, 0.5) is 11.4 Å². The number of nitro benzene ring substituents is 1. The summed E-state index contributed by atoms with van der Waals surface area (Å²) in [6.45, 7) is 1.40. The maximum atomic E-state index is 10.6. The molecule has 3 rings (SSSR count). The Bertz CT molecular complexity index is 718. The van der Waals surface area contributed by atoms with Crippen LogP contribution in [0.1, 0.15) is 11.1 Å². The fourth-order valence-corrected chi connectivity index (χ4v) is 2.54. The van der Waals surface area contributed by atoms with Crippen molar-refractivity contribution >= 4 is 28.7 Å². The summed E-state index contributed by atoms with van der Waals surface area (Å²) >= 11 is 5.39. The Balaban J connectivity index is 1.66. The van der Waals surface area contributed by atoms with Crippen LogP contribution in [0.5, 0.6) is 0 Å². The Hall–Kier alpha value is -2.51. The van der Waals surface area contributed by atoms with Gasteiger partial charge in [-0.05, 0) is 35.5 Å². The number of thiocarbonyl (C=S) groups is 1. The molecule has 1 aliphatic rings. The molecule has 0 aromatic heterocycles. The Morgan fingerprint density at radius 2 is 1.86 bits per heavy atom. The smallest absolute Gasteiger partial charge is 0.269 e. The highest BCUT2D eigenvalue weighted by molar-refractivity contribution is 7.80. The van der Waals surface area contributed by atoms with Crippen molar-refractivity contribution < 1.29 is 4.92 Å². The topological polar surface area (TPSA) is 70.4 Å². The lowest BCUT2D eigenvalue weighted by atomic mass is 10.1. The highest BCUT2D eigenvalue weighted by Crippen LogP contribution is 2.18. The molecule has 7 heteroatoms. The molecule has 0 atom stereocenters. The minimum absolute atomic E-state index is 0.0569. The van der Waals surface area contributed by atoms with Crippen LogP contribution < -0.4 is 10.7 Å². The predicted octanol–water partition coefficient (Wildman–Crippen LogP) is 2.81. The number of non-ortho nitro benzene ring substituents is 1. The first-order valence-corrected chi connectivity index (χ1v) is 7.17. The van der Waals surface area contributed by atoms with Gasteiger partial charge in [-0.1, -0.05) is 24.3 Å². The molecule has 1 aliphatic heterocycles. The number of anilines is 1. The van der Waals surface area contributed by atoms with E-state index in [4.69, 9.17) is 12.2 Å². The maximum absolute atomic E-state index is 10.6. The van der Waals surface area contributed by atoms with E-state index in [9.17, 15) is 10.1 Å². The normalized spacial score (nSPS) is 13.4. The molecule has 0 spiro atoms. The van der Waals surface area contributed by atoms with E-state index in [1.165, 1.54) is 23.3 Å². The van der Waals surface area contributed by atoms with Gasteiger partial charge in [-0.15, -0.1) is 0 Å². The van der Waals surface area contributed by atoms with Crippen LogP contribution in [0.15, 0.2) is 48.5 Å². The Kier molecular flexibility index (Phi) is 3.99. The number of hydrazine groups is 1. The van der Waals surface area contributed by atoms with Gasteiger partial charge in [-0.25, -0.2) is 5.43 Å². The summed E-state index contributed by atoms with van der Waals surface area (Å²) in [4.78, 5) is 10.2. The second-order valence-corrected chi connectivity index (χ2v) is 5.31. The molecule has 112 valence electrons. The Morgan fingerprint density at radius 3 is 2.55 bits per heavy atom. The second kappa shape index (κ2) is 6.08. The molecule has 1 heterocycles. The molecule has 0 amide bonds. The summed E-state index contributed by atoms with van der Waals surface area (Å²) in [5.74, 6) is 0. The Morgan fingerprint density at radius 1 is 1.18 bits per heavy atom. The number of fused-ring (bicyclic) bond motifs is 1. The van der Waals surface area contributed by atoms with E-state index >= 15 is 0 Å². The highest BCUT2D eigenvalue weighted by Gasteiger charge is 2.17. The molecule has 0 saturated heterocycles. The summed E-state index contributed by atoms with van der Waals surface area (Å²) in [5.41, 5.74) is 6.51. The van der Waals surface area contributed by atoms with Crippen LogP contribution in [-0.2, 0) is 13.1 Å². The third kappa shape index (κ3) is 3.05. The average Bonchev–Trinajstić information content (AvgIpc) is 2.55. The summed E-state index contributed by atoms with van der Waals surface area (Å²) in [5, 5.41) is 16.1. The first-order valence-electron chi connectivity index (χ1n) is 6.77. The van der Waals surface area contributed by atoms with E-state index in [-0.39, 0.29) is 5.69 Å². The lowest BCUT2D eigenvalue weighted by molar-refractivity contribution is -0.384. The zero-order valence-corrected chi connectivity index (χ0v) is 12.5. The molecule has 0 radical (unpaired) electrons. The molecule has 0 bridgehead atoms. The number of hydrogen-bond acceptors (Lipinski definition) is 4. The van der Waals surface area contributed by atoms with Crippen molar-refractivity contribution in [3.63, 3.8) is 0 Å². The van der Waals surface area contributed by atoms with Crippen LogP contribution in [0.2, 0.25) is 0 Å². The van der Waals surface area contributed by atoms with E-state index in [1.54, 1.807) is 12.1 Å². The van der Waals surface area contributed by atoms with Crippen LogP contribution in [-0.4, -0.2) is 15.0 Å². The van der Waals surface area contributed by atoms with E-state index in [0.29, 0.717) is 11.7 Å². The van der Waals surface area contributed by atoms with E-state index in [0.717, 1.165) is 12.2 Å². The van der Waals surface area contributed by atoms with E-state index < -0.39 is 4.92 Å². The van der Waals surface area contributed by atoms with Gasteiger partial charge in [0.15, 0.2) is 5.11 Å².